The number of ketones is 1. The second kappa shape index (κ2) is 7.76. The van der Waals surface area contributed by atoms with Crippen molar-refractivity contribution in [1.82, 2.24) is 0 Å². The van der Waals surface area contributed by atoms with Gasteiger partial charge in [-0.1, -0.05) is 39.0 Å². The molecule has 0 saturated heterocycles. The fourth-order valence-electron chi connectivity index (χ4n) is 4.61. The van der Waals surface area contributed by atoms with Crippen LogP contribution in [0.25, 0.3) is 0 Å². The van der Waals surface area contributed by atoms with Crippen molar-refractivity contribution in [2.45, 2.75) is 46.1 Å². The van der Waals surface area contributed by atoms with Crippen LogP contribution < -0.4 is 15.0 Å². The maximum absolute atomic E-state index is 13.5. The number of methoxy groups -OCH3 is 1. The van der Waals surface area contributed by atoms with Crippen LogP contribution in [0.4, 0.5) is 11.4 Å². The van der Waals surface area contributed by atoms with E-state index in [2.05, 4.69) is 19.2 Å². The van der Waals surface area contributed by atoms with E-state index in [1.165, 1.54) is 7.11 Å². The first-order valence-electron chi connectivity index (χ1n) is 10.6. The maximum atomic E-state index is 13.5. The molecule has 1 heterocycles. The third-order valence-electron chi connectivity index (χ3n) is 5.99. The predicted octanol–water partition coefficient (Wildman–Crippen LogP) is 4.95. The zero-order chi connectivity index (χ0) is 22.3. The lowest BCUT2D eigenvalue weighted by atomic mass is 9.73. The average molecular weight is 421 g/mol. The van der Waals surface area contributed by atoms with E-state index in [1.807, 2.05) is 31.2 Å². The Balaban J connectivity index is 2.02. The molecule has 2 aliphatic rings. The summed E-state index contributed by atoms with van der Waals surface area (Å²) < 4.78 is 5.33. The molecule has 0 aromatic heterocycles. The number of rotatable bonds is 3. The Morgan fingerprint density at radius 3 is 2.68 bits per heavy atom. The summed E-state index contributed by atoms with van der Waals surface area (Å²) in [4.78, 5) is 28.5. The number of fused-ring (bicyclic) bond motifs is 1. The van der Waals surface area contributed by atoms with Crippen LogP contribution >= 0.6 is 0 Å². The van der Waals surface area contributed by atoms with Crippen molar-refractivity contribution >= 4 is 23.1 Å². The van der Waals surface area contributed by atoms with Gasteiger partial charge in [0.2, 0.25) is 5.91 Å². The van der Waals surface area contributed by atoms with Crippen molar-refractivity contribution in [3.63, 3.8) is 0 Å². The molecule has 2 N–H and O–H groups in total. The highest BCUT2D eigenvalue weighted by Gasteiger charge is 2.43. The van der Waals surface area contributed by atoms with E-state index in [-0.39, 0.29) is 22.9 Å². The monoisotopic (exact) mass is 420 g/mol. The van der Waals surface area contributed by atoms with Gasteiger partial charge in [0.25, 0.3) is 0 Å². The Hall–Kier alpha value is -3.28. The van der Waals surface area contributed by atoms with Gasteiger partial charge in [0.15, 0.2) is 17.3 Å². The van der Waals surface area contributed by atoms with E-state index in [4.69, 9.17) is 4.74 Å². The van der Waals surface area contributed by atoms with Crippen molar-refractivity contribution < 1.29 is 19.4 Å². The van der Waals surface area contributed by atoms with Gasteiger partial charge < -0.3 is 15.2 Å². The molecule has 0 saturated carbocycles. The molecule has 6 heteroatoms. The molecule has 6 nitrogen and oxygen atoms in total. The fraction of sp³-hybridized carbons (Fsp3) is 0.360. The van der Waals surface area contributed by atoms with Crippen LogP contribution in [0.3, 0.4) is 0 Å². The lowest BCUT2D eigenvalue weighted by molar-refractivity contribution is -0.119. The molecule has 0 radical (unpaired) electrons. The lowest BCUT2D eigenvalue weighted by Crippen LogP contribution is -2.39. The number of Topliss-reactive ketones (excluding diaryl/α,β-unsaturated/α-hetero) is 1. The topological polar surface area (TPSA) is 78.9 Å². The number of hydrogen-bond donors (Lipinski definition) is 2. The number of phenols is 1. The number of phenolic OH excluding ortho intramolecular Hbond substituents is 1. The number of carbonyl (C=O) groups is 2. The molecule has 4 rings (SSSR count). The van der Waals surface area contributed by atoms with Crippen LogP contribution in [-0.4, -0.2) is 23.9 Å². The van der Waals surface area contributed by atoms with E-state index in [9.17, 15) is 14.7 Å². The van der Waals surface area contributed by atoms with Gasteiger partial charge in [0, 0.05) is 24.1 Å². The average Bonchev–Trinajstić information content (AvgIpc) is 2.87. The smallest absolute Gasteiger partial charge is 0.227 e. The highest BCUT2D eigenvalue weighted by Crippen LogP contribution is 2.49. The SMILES string of the molecule is CCC(=O)N1c2ccccc2NC2=C(C(=O)CC(C)(C)C2)[C@H]1c1ccc(O)c(OC)c1. The van der Waals surface area contributed by atoms with Gasteiger partial charge in [-0.25, -0.2) is 0 Å². The Labute approximate surface area is 182 Å². The minimum atomic E-state index is -0.614. The number of carbonyl (C=O) groups excluding carboxylic acids is 2. The third-order valence-corrected chi connectivity index (χ3v) is 5.99. The standard InChI is InChI=1S/C25H28N2O4/c1-5-22(30)27-18-9-7-6-8-16(18)26-17-13-25(2,3)14-20(29)23(17)24(27)15-10-11-19(28)21(12-15)31-4/h6-12,24,26,28H,5,13-14H2,1-4H3/t24-/m1/s1. The number of nitrogens with one attached hydrogen (secondary N) is 1. The molecule has 0 unspecified atom stereocenters. The van der Waals surface area contributed by atoms with E-state index in [1.54, 1.807) is 23.1 Å². The normalized spacial score (nSPS) is 19.8. The molecule has 2 aromatic carbocycles. The van der Waals surface area contributed by atoms with E-state index >= 15 is 0 Å². The first kappa shape index (κ1) is 21.0. The molecule has 1 aliphatic carbocycles. The maximum Gasteiger partial charge on any atom is 0.227 e. The van der Waals surface area contributed by atoms with E-state index in [0.717, 1.165) is 22.6 Å². The van der Waals surface area contributed by atoms with Gasteiger partial charge in [0.05, 0.1) is 24.5 Å². The van der Waals surface area contributed by atoms with Crippen LogP contribution in [0.1, 0.15) is 51.6 Å². The van der Waals surface area contributed by atoms with Gasteiger partial charge in [-0.05, 0) is 41.7 Å². The summed E-state index contributed by atoms with van der Waals surface area (Å²) in [5.74, 6) is 0.255. The molecule has 0 spiro atoms. The molecule has 1 amide bonds. The van der Waals surface area contributed by atoms with Crippen molar-refractivity contribution in [2.75, 3.05) is 17.3 Å². The first-order chi connectivity index (χ1) is 14.8. The number of hydrogen-bond acceptors (Lipinski definition) is 5. The largest absolute Gasteiger partial charge is 0.504 e. The van der Waals surface area contributed by atoms with Crippen LogP contribution in [0.2, 0.25) is 0 Å². The number of para-hydroxylation sites is 2. The van der Waals surface area contributed by atoms with Crippen LogP contribution in [-0.2, 0) is 9.59 Å². The first-order valence-corrected chi connectivity index (χ1v) is 10.6. The molecule has 0 fully saturated rings. The summed E-state index contributed by atoms with van der Waals surface area (Å²) in [5, 5.41) is 13.6. The highest BCUT2D eigenvalue weighted by molar-refractivity contribution is 6.06. The van der Waals surface area contributed by atoms with E-state index in [0.29, 0.717) is 30.6 Å². The number of aromatic hydroxyl groups is 1. The number of allylic oxidation sites excluding steroid dienone is 1. The molecule has 1 aliphatic heterocycles. The van der Waals surface area contributed by atoms with Gasteiger partial charge in [0.1, 0.15) is 0 Å². The molecular weight excluding hydrogens is 392 g/mol. The number of ether oxygens (including phenoxy) is 1. The number of benzene rings is 2. The van der Waals surface area contributed by atoms with Crippen molar-refractivity contribution in [3.8, 4) is 11.5 Å². The minimum absolute atomic E-state index is 0.0112. The molecule has 2 aromatic rings. The van der Waals surface area contributed by atoms with Crippen molar-refractivity contribution in [1.29, 1.82) is 0 Å². The van der Waals surface area contributed by atoms with Crippen LogP contribution in [0.15, 0.2) is 53.7 Å². The minimum Gasteiger partial charge on any atom is -0.504 e. The quantitative estimate of drug-likeness (QED) is 0.734. The fourth-order valence-corrected chi connectivity index (χ4v) is 4.61. The zero-order valence-electron chi connectivity index (χ0n) is 18.4. The van der Waals surface area contributed by atoms with Gasteiger partial charge in [-0.3, -0.25) is 14.5 Å². The predicted molar refractivity (Wildman–Crippen MR) is 120 cm³/mol. The Bertz CT molecular complexity index is 1090. The summed E-state index contributed by atoms with van der Waals surface area (Å²) >= 11 is 0. The zero-order valence-corrected chi connectivity index (χ0v) is 18.4. The van der Waals surface area contributed by atoms with Crippen LogP contribution in [0, 0.1) is 5.41 Å². The molecular formula is C25H28N2O4. The summed E-state index contributed by atoms with van der Waals surface area (Å²) in [6, 6.07) is 12.0. The van der Waals surface area contributed by atoms with Gasteiger partial charge >= 0.3 is 0 Å². The lowest BCUT2D eigenvalue weighted by Gasteiger charge is -2.37. The number of anilines is 2. The molecule has 31 heavy (non-hydrogen) atoms. The second-order valence-electron chi connectivity index (χ2n) is 8.93. The van der Waals surface area contributed by atoms with Crippen LogP contribution in [0.5, 0.6) is 11.5 Å². The Morgan fingerprint density at radius 2 is 1.97 bits per heavy atom. The molecule has 0 bridgehead atoms. The Kier molecular flexibility index (Phi) is 5.25. The highest BCUT2D eigenvalue weighted by atomic mass is 16.5. The van der Waals surface area contributed by atoms with Gasteiger partial charge in [-0.2, -0.15) is 0 Å². The van der Waals surface area contributed by atoms with E-state index < -0.39 is 6.04 Å². The summed E-state index contributed by atoms with van der Waals surface area (Å²) in [7, 11) is 1.48. The van der Waals surface area contributed by atoms with Gasteiger partial charge in [-0.15, -0.1) is 0 Å². The molecule has 1 atom stereocenters. The summed E-state index contributed by atoms with van der Waals surface area (Å²) in [5.41, 5.74) is 3.51. The van der Waals surface area contributed by atoms with Crippen molar-refractivity contribution in [2.24, 2.45) is 5.41 Å². The summed E-state index contributed by atoms with van der Waals surface area (Å²) in [6.45, 7) is 5.99. The van der Waals surface area contributed by atoms with Crippen molar-refractivity contribution in [3.05, 3.63) is 59.3 Å². The molecule has 162 valence electrons. The number of amides is 1. The third kappa shape index (κ3) is 3.67. The Morgan fingerprint density at radius 1 is 1.23 bits per heavy atom. The second-order valence-corrected chi connectivity index (χ2v) is 8.93. The number of nitrogens with zero attached hydrogens (tertiary/aromatic N) is 1. The summed E-state index contributed by atoms with van der Waals surface area (Å²) in [6.07, 6.45) is 1.40.